The van der Waals surface area contributed by atoms with Crippen molar-refractivity contribution in [1.29, 1.82) is 0 Å². The van der Waals surface area contributed by atoms with Crippen LogP contribution in [0.3, 0.4) is 0 Å². The molecule has 0 aliphatic rings. The zero-order valence-electron chi connectivity index (χ0n) is 51.4. The average molecular weight is 1570 g/mol. The van der Waals surface area contributed by atoms with Crippen molar-refractivity contribution in [2.24, 2.45) is 0 Å². The van der Waals surface area contributed by atoms with Crippen LogP contribution in [0, 0.1) is 111 Å². The van der Waals surface area contributed by atoms with E-state index >= 15 is 0 Å². The van der Waals surface area contributed by atoms with Crippen LogP contribution in [0.25, 0.3) is 0 Å². The molecule has 462 valence electrons. The molecule has 0 amide bonds. The first-order chi connectivity index (χ1) is 38.9. The number of aryl methyl sites for hydroxylation is 8. The van der Waals surface area contributed by atoms with E-state index in [4.69, 9.17) is 0 Å². The Labute approximate surface area is 568 Å². The van der Waals surface area contributed by atoms with Gasteiger partial charge in [-0.2, -0.15) is 40.3 Å². The minimum atomic E-state index is -4.79. The quantitative estimate of drug-likeness (QED) is 0.112. The Morgan fingerprint density at radius 3 is 0.356 bits per heavy atom. The summed E-state index contributed by atoms with van der Waals surface area (Å²) in [5.41, 5.74) is 14.9. The molecule has 0 aromatic heterocycles. The molecular formula is C64H72Mo3O12P4S4. The normalized spacial score (nSPS) is 11.6. The van der Waals surface area contributed by atoms with Gasteiger partial charge in [0.05, 0.1) is 0 Å². The molecule has 0 atom stereocenters. The molecule has 0 spiro atoms. The van der Waals surface area contributed by atoms with E-state index < -0.39 is 67.2 Å². The Bertz CT molecular complexity index is 3280. The topological polar surface area (TPSA) is 277 Å². The second kappa shape index (κ2) is 34.6. The van der Waals surface area contributed by atoms with Crippen LogP contribution in [0.1, 0.15) is 89.0 Å². The molecule has 0 saturated carbocycles. The number of hydrogen-bond donors (Lipinski definition) is 0. The van der Waals surface area contributed by atoms with Gasteiger partial charge in [0.1, 0.15) is 0 Å². The third kappa shape index (κ3) is 20.7. The first-order valence-corrected chi connectivity index (χ1v) is 40.0. The fourth-order valence-electron chi connectivity index (χ4n) is 8.91. The van der Waals surface area contributed by atoms with E-state index in [9.17, 15) is 58.7 Å². The Kier molecular flexibility index (Phi) is 32.4. The molecule has 0 bridgehead atoms. The summed E-state index contributed by atoms with van der Waals surface area (Å²) >= 11 is 0. The molecule has 0 unspecified atom stereocenters. The molecule has 0 fully saturated rings. The van der Waals surface area contributed by atoms with Crippen LogP contribution >= 0.6 is 26.9 Å². The SMILES string of the molecule is Cc1cccc(S(c2cccc(C)c2C)=P([O-])([O-])[O-])c1C.Cc1cccc(S(c2cccc(C)c2C)=P([O-])([O-])[O-])c1C.Cc1cccc(S(c2cccc(C)c2C)=P([O-])([O-])[O-])c1C.Cc1cccc(S(c2cccc(C)c2C)=P([O-])([O-])[O-])c1C.[Mo+4].[Mo+4].[Mo+4]. The fourth-order valence-corrected chi connectivity index (χ4v) is 27.6. The van der Waals surface area contributed by atoms with Gasteiger partial charge in [-0.15, -0.1) is 0 Å². The molecule has 0 N–H and O–H groups in total. The first-order valence-electron chi connectivity index (χ1n) is 26.5. The van der Waals surface area contributed by atoms with Crippen molar-refractivity contribution < 1.29 is 122 Å². The minimum Gasteiger partial charge on any atom is -0.847 e. The maximum absolute atomic E-state index is 11.9. The predicted octanol–water partition coefficient (Wildman–Crippen LogP) is 6.85. The third-order valence-corrected chi connectivity index (χ3v) is 33.7. The van der Waals surface area contributed by atoms with Crippen LogP contribution in [-0.2, 0) is 103 Å². The molecule has 0 aliphatic carbocycles. The van der Waals surface area contributed by atoms with Crippen molar-refractivity contribution in [3.8, 4) is 0 Å². The molecule has 8 aromatic rings. The van der Waals surface area contributed by atoms with Gasteiger partial charge in [0.2, 0.25) is 0 Å². The minimum absolute atomic E-state index is 0. The monoisotopic (exact) mass is 1580 g/mol. The van der Waals surface area contributed by atoms with Gasteiger partial charge in [0.25, 0.3) is 0 Å². The first kappa shape index (κ1) is 81.6. The van der Waals surface area contributed by atoms with Crippen molar-refractivity contribution in [1.82, 2.24) is 0 Å². The van der Waals surface area contributed by atoms with Gasteiger partial charge in [0.15, 0.2) is 0 Å². The van der Waals surface area contributed by atoms with Crippen LogP contribution in [0.4, 0.5) is 0 Å². The Morgan fingerprint density at radius 1 is 0.184 bits per heavy atom. The van der Waals surface area contributed by atoms with Gasteiger partial charge in [-0.05, 0) is 248 Å². The molecule has 87 heavy (non-hydrogen) atoms. The maximum atomic E-state index is 11.9. The molecular weight excluding hydrogens is 1500 g/mol. The fraction of sp³-hybridized carbons (Fsp3) is 0.250. The van der Waals surface area contributed by atoms with Crippen molar-refractivity contribution in [2.75, 3.05) is 0 Å². The summed E-state index contributed by atoms with van der Waals surface area (Å²) in [6, 6.07) is 43.8. The zero-order valence-corrected chi connectivity index (χ0v) is 64.3. The summed E-state index contributed by atoms with van der Waals surface area (Å²) in [7, 11) is -5.87. The van der Waals surface area contributed by atoms with E-state index in [0.717, 1.165) is 89.0 Å². The van der Waals surface area contributed by atoms with Gasteiger partial charge in [-0.1, -0.05) is 97.1 Å². The zero-order chi connectivity index (χ0) is 63.1. The molecule has 23 heteroatoms. The summed E-state index contributed by atoms with van der Waals surface area (Å²) < 4.78 is 0. The average Bonchev–Trinajstić information content (AvgIpc) is 1.51. The maximum Gasteiger partial charge on any atom is 4.00 e. The van der Waals surface area contributed by atoms with Crippen LogP contribution in [0.2, 0.25) is 0 Å². The molecule has 0 aliphatic heterocycles. The third-order valence-electron chi connectivity index (χ3n) is 15.0. The van der Waals surface area contributed by atoms with E-state index in [2.05, 4.69) is 0 Å². The second-order valence-electron chi connectivity index (χ2n) is 20.5. The van der Waals surface area contributed by atoms with Gasteiger partial charge in [0, 0.05) is 39.2 Å². The smallest absolute Gasteiger partial charge is 0.847 e. The van der Waals surface area contributed by atoms with Crippen molar-refractivity contribution >= 4 is 67.2 Å². The molecule has 8 aromatic carbocycles. The van der Waals surface area contributed by atoms with E-state index in [-0.39, 0.29) is 63.2 Å². The second-order valence-corrected chi connectivity index (χ2v) is 39.6. The van der Waals surface area contributed by atoms with Crippen molar-refractivity contribution in [3.05, 3.63) is 235 Å². The standard InChI is InChI=1S/4C16H18O3PS.3Mo/c4*1-11-7-5-9-15(13(11)3)21(20(17,18)19)16-10-6-8-12(2)14(16)4;;;/h4*5-10H,1-4H3;;;/q4*-3;3*+4. The summed E-state index contributed by atoms with van der Waals surface area (Å²) in [6.45, 7) is 11.2. The van der Waals surface area contributed by atoms with Gasteiger partial charge >= 0.3 is 63.2 Å². The molecule has 0 radical (unpaired) electrons. The van der Waals surface area contributed by atoms with E-state index in [1.165, 1.54) is 0 Å². The van der Waals surface area contributed by atoms with Crippen LogP contribution < -0.4 is 58.7 Å². The molecule has 8 rings (SSSR count). The summed E-state index contributed by atoms with van der Waals surface area (Å²) in [5, 5.41) is 0. The van der Waals surface area contributed by atoms with Crippen LogP contribution in [0.15, 0.2) is 185 Å². The Hall–Kier alpha value is -1.54. The largest absolute Gasteiger partial charge is 4.00 e. The molecule has 12 nitrogen and oxygen atoms in total. The van der Waals surface area contributed by atoms with Gasteiger partial charge in [-0.25, -0.2) is 0 Å². The number of rotatable bonds is 8. The van der Waals surface area contributed by atoms with E-state index in [1.807, 2.05) is 159 Å². The van der Waals surface area contributed by atoms with Crippen molar-refractivity contribution in [2.45, 2.75) is 150 Å². The van der Waals surface area contributed by atoms with Crippen molar-refractivity contribution in [3.63, 3.8) is 0 Å². The summed E-state index contributed by atoms with van der Waals surface area (Å²) in [6.07, 6.45) is 0. The number of hydrogen-bond acceptors (Lipinski definition) is 12. The predicted molar refractivity (Wildman–Crippen MR) is 331 cm³/mol. The van der Waals surface area contributed by atoms with Crippen LogP contribution in [0.5, 0.6) is 0 Å². The Morgan fingerprint density at radius 2 is 0.276 bits per heavy atom. The van der Waals surface area contributed by atoms with E-state index in [0.29, 0.717) is 39.2 Å². The van der Waals surface area contributed by atoms with Gasteiger partial charge < -0.3 is 85.6 Å². The molecule has 0 saturated heterocycles. The summed E-state index contributed by atoms with van der Waals surface area (Å²) in [4.78, 5) is 148. The summed E-state index contributed by atoms with van der Waals surface area (Å²) in [5.74, 6) is 0. The van der Waals surface area contributed by atoms with Gasteiger partial charge in [-0.3, -0.25) is 0 Å². The Balaban J connectivity index is 0.000000391. The van der Waals surface area contributed by atoms with Crippen LogP contribution in [-0.4, -0.2) is 0 Å². The van der Waals surface area contributed by atoms with E-state index in [1.54, 1.807) is 97.1 Å². The molecule has 0 heterocycles. The number of benzene rings is 8.